The summed E-state index contributed by atoms with van der Waals surface area (Å²) in [5, 5.41) is 0. The third-order valence-electron chi connectivity index (χ3n) is 3.81. The predicted octanol–water partition coefficient (Wildman–Crippen LogP) is 6.51. The molecule has 0 nitrogen and oxygen atoms in total. The minimum Gasteiger partial charge on any atom is -0.103 e. The van der Waals surface area contributed by atoms with Gasteiger partial charge in [-0.25, -0.2) is 0 Å². The molecule has 1 unspecified atom stereocenters. The number of hydrogen-bond donors (Lipinski definition) is 0. The van der Waals surface area contributed by atoms with E-state index in [4.69, 9.17) is 0 Å². The van der Waals surface area contributed by atoms with Crippen LogP contribution in [0.2, 0.25) is 0 Å². The van der Waals surface area contributed by atoms with Gasteiger partial charge in [0.05, 0.1) is 0 Å². The van der Waals surface area contributed by atoms with E-state index in [0.29, 0.717) is 0 Å². The van der Waals surface area contributed by atoms with E-state index < -0.39 is 0 Å². The molecule has 1 atom stereocenters. The first-order valence-corrected chi connectivity index (χ1v) is 7.96. The molecule has 0 aromatic rings. The lowest BCUT2D eigenvalue weighted by Crippen LogP contribution is -1.99. The molecule has 0 aromatic carbocycles. The van der Waals surface area contributed by atoms with Gasteiger partial charge in [-0.3, -0.25) is 0 Å². The van der Waals surface area contributed by atoms with Crippen LogP contribution in [0.25, 0.3) is 0 Å². The summed E-state index contributed by atoms with van der Waals surface area (Å²) in [6, 6.07) is 0. The highest BCUT2D eigenvalue weighted by atomic mass is 14.1. The van der Waals surface area contributed by atoms with Crippen LogP contribution in [0.15, 0.2) is 12.7 Å². The molecule has 0 saturated heterocycles. The summed E-state index contributed by atoms with van der Waals surface area (Å²) in [6.07, 6.45) is 18.9. The Balaban J connectivity index is 3.32. The third-order valence-corrected chi connectivity index (χ3v) is 3.81. The maximum absolute atomic E-state index is 3.77. The van der Waals surface area contributed by atoms with Gasteiger partial charge in [0.1, 0.15) is 0 Å². The molecule has 0 fully saturated rings. The molecule has 0 rings (SSSR count). The van der Waals surface area contributed by atoms with Crippen LogP contribution < -0.4 is 0 Å². The highest BCUT2D eigenvalue weighted by Crippen LogP contribution is 2.21. The minimum absolute atomic E-state index is 1.00. The van der Waals surface area contributed by atoms with Gasteiger partial charge >= 0.3 is 0 Å². The maximum Gasteiger partial charge on any atom is -0.0353 e. The largest absolute Gasteiger partial charge is 0.103 e. The smallest absolute Gasteiger partial charge is 0.0353 e. The van der Waals surface area contributed by atoms with E-state index in [2.05, 4.69) is 20.4 Å². The Morgan fingerprint density at radius 1 is 0.824 bits per heavy atom. The highest BCUT2D eigenvalue weighted by Gasteiger charge is 2.05. The molecule has 0 aliphatic carbocycles. The average Bonchev–Trinajstić information content (AvgIpc) is 2.36. The van der Waals surface area contributed by atoms with Gasteiger partial charge in [0.25, 0.3) is 0 Å². The van der Waals surface area contributed by atoms with Crippen molar-refractivity contribution in [1.29, 1.82) is 0 Å². The van der Waals surface area contributed by atoms with E-state index in [-0.39, 0.29) is 0 Å². The Hall–Kier alpha value is -0.260. The van der Waals surface area contributed by atoms with Gasteiger partial charge in [0, 0.05) is 0 Å². The Morgan fingerprint density at radius 3 is 1.94 bits per heavy atom. The van der Waals surface area contributed by atoms with Crippen LogP contribution in [0.5, 0.6) is 0 Å². The van der Waals surface area contributed by atoms with Gasteiger partial charge in [-0.1, -0.05) is 84.1 Å². The normalized spacial score (nSPS) is 12.6. The topological polar surface area (TPSA) is 0 Å². The van der Waals surface area contributed by atoms with Crippen LogP contribution in [-0.2, 0) is 0 Å². The molecule has 0 spiro atoms. The Kier molecular flexibility index (Phi) is 13.6. The van der Waals surface area contributed by atoms with E-state index in [9.17, 15) is 0 Å². The van der Waals surface area contributed by atoms with Crippen molar-refractivity contribution in [2.45, 2.75) is 90.9 Å². The Labute approximate surface area is 110 Å². The fourth-order valence-electron chi connectivity index (χ4n) is 2.49. The lowest BCUT2D eigenvalue weighted by atomic mass is 9.92. The SMILES string of the molecule is C=CCCCCCC(CC)CCCCCCC. The second kappa shape index (κ2) is 13.8. The molecule has 17 heavy (non-hydrogen) atoms. The number of allylic oxidation sites excluding steroid dienone is 1. The zero-order chi connectivity index (χ0) is 12.8. The minimum atomic E-state index is 1.00. The first-order valence-electron chi connectivity index (χ1n) is 7.96. The molecule has 0 aromatic heterocycles. The van der Waals surface area contributed by atoms with Crippen molar-refractivity contribution in [3.63, 3.8) is 0 Å². The predicted molar refractivity (Wildman–Crippen MR) is 80.4 cm³/mol. The zero-order valence-corrected chi connectivity index (χ0v) is 12.3. The molecular weight excluding hydrogens is 204 g/mol. The van der Waals surface area contributed by atoms with Gasteiger partial charge in [-0.15, -0.1) is 6.58 Å². The van der Waals surface area contributed by atoms with Gasteiger partial charge in [0.15, 0.2) is 0 Å². The van der Waals surface area contributed by atoms with Crippen molar-refractivity contribution in [2.24, 2.45) is 5.92 Å². The Morgan fingerprint density at radius 2 is 1.41 bits per heavy atom. The number of rotatable bonds is 13. The van der Waals surface area contributed by atoms with E-state index in [0.717, 1.165) is 5.92 Å². The second-order valence-corrected chi connectivity index (χ2v) is 5.40. The molecule has 0 bridgehead atoms. The van der Waals surface area contributed by atoms with Crippen molar-refractivity contribution in [3.05, 3.63) is 12.7 Å². The molecule has 0 aliphatic rings. The molecule has 0 radical (unpaired) electrons. The first-order chi connectivity index (χ1) is 8.35. The summed E-state index contributed by atoms with van der Waals surface area (Å²) < 4.78 is 0. The van der Waals surface area contributed by atoms with Crippen molar-refractivity contribution in [1.82, 2.24) is 0 Å². The van der Waals surface area contributed by atoms with E-state index in [1.54, 1.807) is 0 Å². The van der Waals surface area contributed by atoms with Crippen LogP contribution >= 0.6 is 0 Å². The van der Waals surface area contributed by atoms with Crippen LogP contribution in [0.1, 0.15) is 90.9 Å². The van der Waals surface area contributed by atoms with E-state index in [1.807, 2.05) is 6.08 Å². The molecule has 0 heterocycles. The van der Waals surface area contributed by atoms with Crippen LogP contribution in [0.4, 0.5) is 0 Å². The fourth-order valence-corrected chi connectivity index (χ4v) is 2.49. The van der Waals surface area contributed by atoms with Crippen LogP contribution in [0.3, 0.4) is 0 Å². The summed E-state index contributed by atoms with van der Waals surface area (Å²) >= 11 is 0. The maximum atomic E-state index is 3.77. The fraction of sp³-hybridized carbons (Fsp3) is 0.882. The van der Waals surface area contributed by atoms with Gasteiger partial charge < -0.3 is 0 Å². The summed E-state index contributed by atoms with van der Waals surface area (Å²) in [5.41, 5.74) is 0. The number of hydrogen-bond acceptors (Lipinski definition) is 0. The standard InChI is InChI=1S/C17H34/c1-4-7-9-11-13-15-17(6-3)16-14-12-10-8-5-2/h4,17H,1,5-16H2,2-3H3. The van der Waals surface area contributed by atoms with Crippen molar-refractivity contribution >= 4 is 0 Å². The second-order valence-electron chi connectivity index (χ2n) is 5.40. The molecule has 0 saturated carbocycles. The summed E-state index contributed by atoms with van der Waals surface area (Å²) in [4.78, 5) is 0. The summed E-state index contributed by atoms with van der Waals surface area (Å²) in [7, 11) is 0. The molecule has 102 valence electrons. The lowest BCUT2D eigenvalue weighted by molar-refractivity contribution is 0.395. The zero-order valence-electron chi connectivity index (χ0n) is 12.3. The number of unbranched alkanes of at least 4 members (excludes halogenated alkanes) is 7. The van der Waals surface area contributed by atoms with E-state index >= 15 is 0 Å². The van der Waals surface area contributed by atoms with E-state index in [1.165, 1.54) is 77.0 Å². The van der Waals surface area contributed by atoms with Gasteiger partial charge in [0.2, 0.25) is 0 Å². The highest BCUT2D eigenvalue weighted by molar-refractivity contribution is 4.66. The third kappa shape index (κ3) is 12.0. The Bertz CT molecular complexity index is 148. The molecule has 0 N–H and O–H groups in total. The molecule has 0 aliphatic heterocycles. The van der Waals surface area contributed by atoms with Crippen molar-refractivity contribution in [2.75, 3.05) is 0 Å². The van der Waals surface area contributed by atoms with Crippen molar-refractivity contribution < 1.29 is 0 Å². The molecule has 0 amide bonds. The first kappa shape index (κ1) is 16.7. The van der Waals surface area contributed by atoms with Gasteiger partial charge in [-0.2, -0.15) is 0 Å². The quantitative estimate of drug-likeness (QED) is 0.253. The molecular formula is C17H34. The van der Waals surface area contributed by atoms with Crippen molar-refractivity contribution in [3.8, 4) is 0 Å². The monoisotopic (exact) mass is 238 g/mol. The lowest BCUT2D eigenvalue weighted by Gasteiger charge is -2.14. The van der Waals surface area contributed by atoms with Crippen LogP contribution in [-0.4, -0.2) is 0 Å². The van der Waals surface area contributed by atoms with Crippen LogP contribution in [0, 0.1) is 5.92 Å². The average molecular weight is 238 g/mol. The summed E-state index contributed by atoms with van der Waals surface area (Å²) in [5.74, 6) is 1.00. The van der Waals surface area contributed by atoms with Gasteiger partial charge in [-0.05, 0) is 18.8 Å². The molecule has 0 heteroatoms. The summed E-state index contributed by atoms with van der Waals surface area (Å²) in [6.45, 7) is 8.43.